The molecule has 1 radical (unpaired) electrons. The number of carbonyl (C=O) groups is 1. The highest BCUT2D eigenvalue weighted by Gasteiger charge is 2.56. The van der Waals surface area contributed by atoms with Crippen LogP contribution in [0.3, 0.4) is 0 Å². The van der Waals surface area contributed by atoms with E-state index in [1.807, 2.05) is 30.3 Å². The average molecular weight is 561 g/mol. The second-order valence-electron chi connectivity index (χ2n) is 8.54. The van der Waals surface area contributed by atoms with Crippen LogP contribution in [0.1, 0.15) is 27.0 Å². The van der Waals surface area contributed by atoms with Crippen molar-refractivity contribution in [2.75, 3.05) is 32.2 Å². The molecule has 3 heterocycles. The van der Waals surface area contributed by atoms with Crippen LogP contribution in [0, 0.1) is 0 Å². The third-order valence-electron chi connectivity index (χ3n) is 5.86. The van der Waals surface area contributed by atoms with Gasteiger partial charge in [0.1, 0.15) is 24.4 Å². The van der Waals surface area contributed by atoms with Gasteiger partial charge in [-0.1, -0.05) is 35.8 Å². The van der Waals surface area contributed by atoms with Gasteiger partial charge >= 0.3 is 21.7 Å². The summed E-state index contributed by atoms with van der Waals surface area (Å²) in [6.45, 7) is 4.70. The first kappa shape index (κ1) is 28.8. The van der Waals surface area contributed by atoms with Gasteiger partial charge in [-0.25, -0.2) is 9.78 Å². The van der Waals surface area contributed by atoms with Crippen LogP contribution in [0.5, 0.6) is 5.88 Å². The predicted molar refractivity (Wildman–Crippen MR) is 138 cm³/mol. The van der Waals surface area contributed by atoms with Gasteiger partial charge in [0, 0.05) is 4.57 Å². The number of carbonyl (C=O) groups excluding carboxylic acids is 1. The van der Waals surface area contributed by atoms with E-state index in [0.29, 0.717) is 17.8 Å². The van der Waals surface area contributed by atoms with Crippen LogP contribution < -0.4 is 15.9 Å². The molecule has 3 aromatic rings. The van der Waals surface area contributed by atoms with E-state index in [4.69, 9.17) is 33.6 Å². The standard InChI is InChI=1S/C23H29BN5O9P/c1-4-33-16(30)12-36-39(32)35-11-15-18(31)23(3,38-24-14-9-7-6-8-10-14)21(37-15)29-13-26-17-19(29)27-22(25)28-20(17)34-5-2/h6-10,13,15,18,21,31H,4-5,11-12H2,1-3H3,(H2,25,27,28)/q+1. The number of imidazole rings is 1. The maximum absolute atomic E-state index is 12.2. The summed E-state index contributed by atoms with van der Waals surface area (Å²) in [5.41, 5.74) is 5.90. The molecule has 16 heteroatoms. The lowest BCUT2D eigenvalue weighted by atomic mass is 9.85. The van der Waals surface area contributed by atoms with E-state index in [9.17, 15) is 14.5 Å². The largest absolute Gasteiger partial charge is 0.698 e. The van der Waals surface area contributed by atoms with Gasteiger partial charge in [0.25, 0.3) is 0 Å². The van der Waals surface area contributed by atoms with Crippen LogP contribution in [0.15, 0.2) is 36.7 Å². The lowest BCUT2D eigenvalue weighted by molar-refractivity contribution is -0.145. The number of hydrogen-bond donors (Lipinski definition) is 2. The molecule has 14 nitrogen and oxygen atoms in total. The Morgan fingerprint density at radius 1 is 1.23 bits per heavy atom. The number of nitrogen functional groups attached to an aromatic ring is 1. The molecule has 4 rings (SSSR count). The van der Waals surface area contributed by atoms with Crippen molar-refractivity contribution in [1.82, 2.24) is 19.5 Å². The third-order valence-corrected chi connectivity index (χ3v) is 6.56. The molecular formula is C23H29BN5O9P+. The monoisotopic (exact) mass is 561 g/mol. The summed E-state index contributed by atoms with van der Waals surface area (Å²) in [6, 6.07) is 9.23. The number of anilines is 1. The highest BCUT2D eigenvalue weighted by atomic mass is 31.1. The van der Waals surface area contributed by atoms with Crippen LogP contribution in [0.25, 0.3) is 11.2 Å². The molecule has 0 spiro atoms. The van der Waals surface area contributed by atoms with Gasteiger partial charge in [-0.2, -0.15) is 9.97 Å². The zero-order valence-corrected chi connectivity index (χ0v) is 22.5. The lowest BCUT2D eigenvalue weighted by Crippen LogP contribution is -2.49. The molecule has 39 heavy (non-hydrogen) atoms. The van der Waals surface area contributed by atoms with Crippen molar-refractivity contribution in [2.45, 2.75) is 44.8 Å². The molecule has 1 fully saturated rings. The average Bonchev–Trinajstić information content (AvgIpc) is 3.44. The lowest BCUT2D eigenvalue weighted by Gasteiger charge is -2.33. The van der Waals surface area contributed by atoms with E-state index in [0.717, 1.165) is 5.46 Å². The Morgan fingerprint density at radius 2 is 2.00 bits per heavy atom. The predicted octanol–water partition coefficient (Wildman–Crippen LogP) is 1.04. The van der Waals surface area contributed by atoms with Crippen molar-refractivity contribution in [2.24, 2.45) is 0 Å². The summed E-state index contributed by atoms with van der Waals surface area (Å²) in [6.07, 6.45) is -1.83. The van der Waals surface area contributed by atoms with Gasteiger partial charge in [-0.15, -0.1) is 9.05 Å². The summed E-state index contributed by atoms with van der Waals surface area (Å²) in [7, 11) is -1.20. The summed E-state index contributed by atoms with van der Waals surface area (Å²) in [5.74, 6) is -0.523. The summed E-state index contributed by atoms with van der Waals surface area (Å²) < 4.78 is 46.5. The molecule has 3 N–H and O–H groups in total. The SMILES string of the molecule is CCOC(=O)CO[P+](=O)OCC1OC(n2cnc3c(OCC)nc(N)nc32)C(C)(O[B]c2ccccc2)C1O. The Morgan fingerprint density at radius 3 is 2.72 bits per heavy atom. The first-order chi connectivity index (χ1) is 18.8. The van der Waals surface area contributed by atoms with Gasteiger partial charge in [0.15, 0.2) is 17.4 Å². The normalized spacial score (nSPS) is 23.1. The van der Waals surface area contributed by atoms with Crippen molar-refractivity contribution in [1.29, 1.82) is 0 Å². The van der Waals surface area contributed by atoms with E-state index in [-0.39, 0.29) is 25.0 Å². The molecule has 5 atom stereocenters. The molecule has 1 aromatic carbocycles. The van der Waals surface area contributed by atoms with Crippen molar-refractivity contribution in [3.05, 3.63) is 36.7 Å². The van der Waals surface area contributed by atoms with Gasteiger partial charge in [0.2, 0.25) is 18.4 Å². The van der Waals surface area contributed by atoms with Crippen LogP contribution in [-0.4, -0.2) is 82.3 Å². The minimum atomic E-state index is -2.70. The Kier molecular flexibility index (Phi) is 9.43. The Balaban J connectivity index is 1.58. The number of esters is 1. The Hall–Kier alpha value is -3.20. The zero-order valence-electron chi connectivity index (χ0n) is 21.6. The smallest absolute Gasteiger partial charge is 0.476 e. The fourth-order valence-corrected chi connectivity index (χ4v) is 4.57. The molecule has 207 valence electrons. The number of benzene rings is 1. The topological polar surface area (TPSA) is 179 Å². The maximum atomic E-state index is 12.2. The number of aliphatic hydroxyl groups excluding tert-OH is 1. The number of hydrogen-bond acceptors (Lipinski definition) is 13. The van der Waals surface area contributed by atoms with Gasteiger partial charge in [0.05, 0.1) is 19.5 Å². The number of aromatic nitrogens is 4. The molecule has 5 unspecified atom stereocenters. The van der Waals surface area contributed by atoms with Crippen LogP contribution in [0.4, 0.5) is 5.95 Å². The van der Waals surface area contributed by atoms with E-state index in [1.165, 1.54) is 13.8 Å². The molecular weight excluding hydrogens is 532 g/mol. The van der Waals surface area contributed by atoms with E-state index < -0.39 is 44.9 Å². The molecule has 0 bridgehead atoms. The van der Waals surface area contributed by atoms with Crippen LogP contribution in [-0.2, 0) is 32.5 Å². The third kappa shape index (κ3) is 6.52. The number of nitrogens with two attached hydrogens (primary N) is 1. The number of nitrogens with zero attached hydrogens (tertiary/aromatic N) is 4. The van der Waals surface area contributed by atoms with Gasteiger partial charge in [-0.3, -0.25) is 4.57 Å². The van der Waals surface area contributed by atoms with Crippen molar-refractivity contribution in [3.63, 3.8) is 0 Å². The van der Waals surface area contributed by atoms with Crippen LogP contribution >= 0.6 is 8.25 Å². The zero-order chi connectivity index (χ0) is 28.0. The number of rotatable bonds is 13. The Bertz CT molecular complexity index is 1300. The molecule has 1 saturated heterocycles. The number of fused-ring (bicyclic) bond motifs is 1. The Labute approximate surface area is 225 Å². The van der Waals surface area contributed by atoms with Gasteiger partial charge < -0.3 is 29.7 Å². The van der Waals surface area contributed by atoms with Crippen molar-refractivity contribution >= 4 is 44.3 Å². The first-order valence-corrected chi connectivity index (χ1v) is 13.3. The molecule has 1 aliphatic rings. The van der Waals surface area contributed by atoms with Crippen molar-refractivity contribution in [3.8, 4) is 5.88 Å². The highest BCUT2D eigenvalue weighted by molar-refractivity contribution is 7.33. The summed E-state index contributed by atoms with van der Waals surface area (Å²) in [5, 5.41) is 11.3. The van der Waals surface area contributed by atoms with E-state index in [2.05, 4.69) is 15.0 Å². The van der Waals surface area contributed by atoms with E-state index in [1.54, 1.807) is 25.3 Å². The molecule has 0 amide bonds. The number of ether oxygens (including phenoxy) is 3. The maximum Gasteiger partial charge on any atom is 0.698 e. The minimum absolute atomic E-state index is 0.0413. The summed E-state index contributed by atoms with van der Waals surface area (Å²) in [4.78, 5) is 24.2. The quantitative estimate of drug-likeness (QED) is 0.172. The second-order valence-corrected chi connectivity index (χ2v) is 9.51. The molecule has 0 saturated carbocycles. The molecule has 0 aliphatic carbocycles. The molecule has 2 aromatic heterocycles. The second kappa shape index (κ2) is 12.8. The fourth-order valence-electron chi connectivity index (χ4n) is 4.01. The molecule has 1 aliphatic heterocycles. The van der Waals surface area contributed by atoms with Crippen LogP contribution in [0.2, 0.25) is 0 Å². The fraction of sp³-hybridized carbons (Fsp3) is 0.478. The summed E-state index contributed by atoms with van der Waals surface area (Å²) >= 11 is 0. The van der Waals surface area contributed by atoms with Gasteiger partial charge in [-0.05, 0) is 20.8 Å². The van der Waals surface area contributed by atoms with Crippen molar-refractivity contribution < 1.29 is 42.4 Å². The van der Waals surface area contributed by atoms with E-state index >= 15 is 0 Å². The minimum Gasteiger partial charge on any atom is -0.476 e. The highest BCUT2D eigenvalue weighted by Crippen LogP contribution is 2.43. The first-order valence-electron chi connectivity index (χ1n) is 12.2. The number of aliphatic hydroxyl groups is 1.